The summed E-state index contributed by atoms with van der Waals surface area (Å²) in [5, 5.41) is 17.2. The number of hydrogen-bond donors (Lipinski definition) is 3. The zero-order valence-corrected chi connectivity index (χ0v) is 8.54. The SMILES string of the molecule is O=C(O)c1cccc(NC(=O)c2ncn[nH]2)c1. The zero-order valence-electron chi connectivity index (χ0n) is 8.54. The number of aromatic nitrogens is 3. The van der Waals surface area contributed by atoms with Gasteiger partial charge in [0.05, 0.1) is 5.56 Å². The summed E-state index contributed by atoms with van der Waals surface area (Å²) in [6.07, 6.45) is 1.21. The fourth-order valence-corrected chi connectivity index (χ4v) is 1.24. The van der Waals surface area contributed by atoms with Crippen LogP contribution in [0.25, 0.3) is 0 Å². The van der Waals surface area contributed by atoms with E-state index >= 15 is 0 Å². The Morgan fingerprint density at radius 2 is 2.18 bits per heavy atom. The number of aromatic carboxylic acids is 1. The molecule has 0 radical (unpaired) electrons. The molecule has 86 valence electrons. The standard InChI is InChI=1S/C10H8N4O3/c15-9(8-11-5-12-14-8)13-7-3-1-2-6(4-7)10(16)17/h1-5H,(H,13,15)(H,16,17)(H,11,12,14). The molecule has 0 unspecified atom stereocenters. The van der Waals surface area contributed by atoms with E-state index in [1.807, 2.05) is 0 Å². The van der Waals surface area contributed by atoms with Gasteiger partial charge in [0.15, 0.2) is 0 Å². The quantitative estimate of drug-likeness (QED) is 0.723. The molecule has 1 aromatic heterocycles. The highest BCUT2D eigenvalue weighted by molar-refractivity contribution is 6.02. The second-order valence-electron chi connectivity index (χ2n) is 3.17. The number of nitrogens with zero attached hydrogens (tertiary/aromatic N) is 2. The molecule has 0 saturated carbocycles. The van der Waals surface area contributed by atoms with E-state index in [1.165, 1.54) is 18.5 Å². The van der Waals surface area contributed by atoms with Gasteiger partial charge in [-0.2, -0.15) is 5.10 Å². The van der Waals surface area contributed by atoms with Crippen molar-refractivity contribution in [2.45, 2.75) is 0 Å². The summed E-state index contributed by atoms with van der Waals surface area (Å²) in [6, 6.07) is 5.92. The molecule has 1 amide bonds. The Morgan fingerprint density at radius 3 is 2.82 bits per heavy atom. The molecule has 1 aromatic carbocycles. The summed E-state index contributed by atoms with van der Waals surface area (Å²) in [7, 11) is 0. The Morgan fingerprint density at radius 1 is 1.35 bits per heavy atom. The molecule has 0 aliphatic rings. The number of aromatic amines is 1. The molecule has 2 rings (SSSR count). The number of amides is 1. The zero-order chi connectivity index (χ0) is 12.3. The number of carbonyl (C=O) groups is 2. The minimum Gasteiger partial charge on any atom is -0.478 e. The van der Waals surface area contributed by atoms with Crippen molar-refractivity contribution >= 4 is 17.6 Å². The van der Waals surface area contributed by atoms with Gasteiger partial charge in [0.25, 0.3) is 5.91 Å². The third kappa shape index (κ3) is 2.46. The number of carboxylic acids is 1. The van der Waals surface area contributed by atoms with Gasteiger partial charge in [0.1, 0.15) is 6.33 Å². The van der Waals surface area contributed by atoms with Crippen molar-refractivity contribution in [3.63, 3.8) is 0 Å². The van der Waals surface area contributed by atoms with Crippen LogP contribution in [-0.4, -0.2) is 32.2 Å². The van der Waals surface area contributed by atoms with Gasteiger partial charge in [-0.15, -0.1) is 0 Å². The average molecular weight is 232 g/mol. The van der Waals surface area contributed by atoms with E-state index in [2.05, 4.69) is 20.5 Å². The van der Waals surface area contributed by atoms with Crippen LogP contribution in [0.2, 0.25) is 0 Å². The first-order valence-electron chi connectivity index (χ1n) is 4.67. The Kier molecular flexibility index (Phi) is 2.82. The Balaban J connectivity index is 2.16. The molecule has 0 fully saturated rings. The van der Waals surface area contributed by atoms with Gasteiger partial charge in [-0.1, -0.05) is 6.07 Å². The minimum absolute atomic E-state index is 0.0609. The van der Waals surface area contributed by atoms with Gasteiger partial charge in [-0.25, -0.2) is 9.78 Å². The van der Waals surface area contributed by atoms with Crippen LogP contribution in [0.4, 0.5) is 5.69 Å². The second-order valence-corrected chi connectivity index (χ2v) is 3.17. The fourth-order valence-electron chi connectivity index (χ4n) is 1.24. The van der Waals surface area contributed by atoms with Crippen molar-refractivity contribution in [2.75, 3.05) is 5.32 Å². The third-order valence-corrected chi connectivity index (χ3v) is 2.00. The lowest BCUT2D eigenvalue weighted by molar-refractivity contribution is 0.0696. The van der Waals surface area contributed by atoms with Crippen molar-refractivity contribution in [2.24, 2.45) is 0 Å². The maximum atomic E-state index is 11.6. The van der Waals surface area contributed by atoms with Gasteiger partial charge in [0, 0.05) is 5.69 Å². The van der Waals surface area contributed by atoms with Crippen molar-refractivity contribution in [1.29, 1.82) is 0 Å². The van der Waals surface area contributed by atoms with Crippen LogP contribution < -0.4 is 5.32 Å². The second kappa shape index (κ2) is 4.44. The molecular formula is C10H8N4O3. The highest BCUT2D eigenvalue weighted by Crippen LogP contribution is 2.11. The smallest absolute Gasteiger partial charge is 0.335 e. The highest BCUT2D eigenvalue weighted by Gasteiger charge is 2.10. The topological polar surface area (TPSA) is 108 Å². The summed E-state index contributed by atoms with van der Waals surface area (Å²) >= 11 is 0. The lowest BCUT2D eigenvalue weighted by atomic mass is 10.2. The number of hydrogen-bond acceptors (Lipinski definition) is 4. The van der Waals surface area contributed by atoms with E-state index in [1.54, 1.807) is 12.1 Å². The van der Waals surface area contributed by atoms with Crippen LogP contribution in [0, 0.1) is 0 Å². The van der Waals surface area contributed by atoms with Crippen molar-refractivity contribution in [1.82, 2.24) is 15.2 Å². The van der Waals surface area contributed by atoms with E-state index in [9.17, 15) is 9.59 Å². The molecule has 0 saturated heterocycles. The predicted molar refractivity (Wildman–Crippen MR) is 57.7 cm³/mol. The van der Waals surface area contributed by atoms with Crippen LogP contribution >= 0.6 is 0 Å². The number of H-pyrrole nitrogens is 1. The summed E-state index contributed by atoms with van der Waals surface area (Å²) in [5.41, 5.74) is 0.478. The van der Waals surface area contributed by atoms with Crippen LogP contribution in [0.3, 0.4) is 0 Å². The largest absolute Gasteiger partial charge is 0.478 e. The maximum Gasteiger partial charge on any atom is 0.335 e. The Bertz CT molecular complexity index is 550. The molecule has 0 aliphatic carbocycles. The highest BCUT2D eigenvalue weighted by atomic mass is 16.4. The first-order valence-corrected chi connectivity index (χ1v) is 4.67. The molecule has 7 nitrogen and oxygen atoms in total. The third-order valence-electron chi connectivity index (χ3n) is 2.00. The fraction of sp³-hybridized carbons (Fsp3) is 0. The van der Waals surface area contributed by atoms with Gasteiger partial charge < -0.3 is 10.4 Å². The van der Waals surface area contributed by atoms with Gasteiger partial charge in [-0.05, 0) is 18.2 Å². The van der Waals surface area contributed by atoms with Crippen LogP contribution in [-0.2, 0) is 0 Å². The number of carboxylic acid groups (broad SMARTS) is 1. The number of benzene rings is 1. The summed E-state index contributed by atoms with van der Waals surface area (Å²) in [5.74, 6) is -1.48. The van der Waals surface area contributed by atoms with E-state index in [0.717, 1.165) is 0 Å². The number of anilines is 1. The molecule has 0 atom stereocenters. The van der Waals surface area contributed by atoms with E-state index in [4.69, 9.17) is 5.11 Å². The van der Waals surface area contributed by atoms with Crippen molar-refractivity contribution in [3.05, 3.63) is 42.0 Å². The molecule has 2 aromatic rings. The number of nitrogens with one attached hydrogen (secondary N) is 2. The summed E-state index contributed by atoms with van der Waals surface area (Å²) in [4.78, 5) is 26.0. The molecule has 0 bridgehead atoms. The normalized spacial score (nSPS) is 9.88. The van der Waals surface area contributed by atoms with Gasteiger partial charge in [0.2, 0.25) is 5.82 Å². The maximum absolute atomic E-state index is 11.6. The van der Waals surface area contributed by atoms with Crippen LogP contribution in [0.1, 0.15) is 21.0 Å². The Labute approximate surface area is 95.5 Å². The van der Waals surface area contributed by atoms with Gasteiger partial charge >= 0.3 is 5.97 Å². The number of carbonyl (C=O) groups excluding carboxylic acids is 1. The first-order chi connectivity index (χ1) is 8.16. The lowest BCUT2D eigenvalue weighted by Crippen LogP contribution is -2.14. The molecular weight excluding hydrogens is 224 g/mol. The summed E-state index contributed by atoms with van der Waals surface area (Å²) in [6.45, 7) is 0. The minimum atomic E-state index is -1.05. The predicted octanol–water partition coefficient (Wildman–Crippen LogP) is 0.755. The molecule has 0 aliphatic heterocycles. The molecule has 3 N–H and O–H groups in total. The van der Waals surface area contributed by atoms with E-state index in [-0.39, 0.29) is 11.4 Å². The lowest BCUT2D eigenvalue weighted by Gasteiger charge is -2.03. The molecule has 7 heteroatoms. The average Bonchev–Trinajstić information content (AvgIpc) is 2.82. The van der Waals surface area contributed by atoms with Crippen LogP contribution in [0.15, 0.2) is 30.6 Å². The van der Waals surface area contributed by atoms with Crippen LogP contribution in [0.5, 0.6) is 0 Å². The van der Waals surface area contributed by atoms with Gasteiger partial charge in [-0.3, -0.25) is 9.89 Å². The van der Waals surface area contributed by atoms with Crippen molar-refractivity contribution < 1.29 is 14.7 Å². The van der Waals surface area contributed by atoms with Crippen molar-refractivity contribution in [3.8, 4) is 0 Å². The van der Waals surface area contributed by atoms with E-state index < -0.39 is 11.9 Å². The molecule has 17 heavy (non-hydrogen) atoms. The number of rotatable bonds is 3. The molecule has 1 heterocycles. The first kappa shape index (κ1) is 10.8. The van der Waals surface area contributed by atoms with E-state index in [0.29, 0.717) is 5.69 Å². The Hall–Kier alpha value is -2.70. The monoisotopic (exact) mass is 232 g/mol. The summed E-state index contributed by atoms with van der Waals surface area (Å²) < 4.78 is 0. The molecule has 0 spiro atoms.